The van der Waals surface area contributed by atoms with Gasteiger partial charge in [-0.05, 0) is 30.7 Å². The second-order valence-electron chi connectivity index (χ2n) is 6.25. The first-order chi connectivity index (χ1) is 10.6. The zero-order valence-electron chi connectivity index (χ0n) is 12.7. The summed E-state index contributed by atoms with van der Waals surface area (Å²) in [7, 11) is 0. The summed E-state index contributed by atoms with van der Waals surface area (Å²) in [5.74, 6) is 0.397. The summed E-state index contributed by atoms with van der Waals surface area (Å²) in [6, 6.07) is 2.03. The lowest BCUT2D eigenvalue weighted by atomic mass is 9.85. The van der Waals surface area contributed by atoms with Gasteiger partial charge in [0, 0.05) is 43.5 Å². The monoisotopic (exact) mass is 321 g/mol. The van der Waals surface area contributed by atoms with Crippen molar-refractivity contribution in [2.24, 2.45) is 11.7 Å². The third-order valence-electron chi connectivity index (χ3n) is 4.71. The highest BCUT2D eigenvalue weighted by Gasteiger charge is 2.31. The molecule has 22 heavy (non-hydrogen) atoms. The Hall–Kier alpha value is -1.40. The van der Waals surface area contributed by atoms with Gasteiger partial charge in [0.1, 0.15) is 0 Å². The minimum Gasteiger partial charge on any atom is -0.339 e. The Morgan fingerprint density at radius 2 is 1.86 bits per heavy atom. The van der Waals surface area contributed by atoms with Crippen LogP contribution in [0.1, 0.15) is 36.0 Å². The molecule has 0 spiro atoms. The lowest BCUT2D eigenvalue weighted by molar-refractivity contribution is -0.138. The smallest absolute Gasteiger partial charge is 0.254 e. The number of hydrogen-bond acceptors (Lipinski definition) is 4. The normalized spacial score (nSPS) is 26.0. The van der Waals surface area contributed by atoms with Gasteiger partial charge in [-0.25, -0.2) is 0 Å². The van der Waals surface area contributed by atoms with E-state index >= 15 is 0 Å². The SMILES string of the molecule is NC1CCCC(C(=O)N2CCN(C(=O)c3ccsc3)CC2)C1. The molecule has 0 bridgehead atoms. The average molecular weight is 321 g/mol. The van der Waals surface area contributed by atoms with E-state index in [1.54, 1.807) is 0 Å². The Labute approximate surface area is 135 Å². The Kier molecular flexibility index (Phi) is 4.78. The largest absolute Gasteiger partial charge is 0.339 e. The molecule has 2 amide bonds. The van der Waals surface area contributed by atoms with E-state index in [4.69, 9.17) is 5.73 Å². The number of nitrogens with two attached hydrogens (primary N) is 1. The van der Waals surface area contributed by atoms with Gasteiger partial charge in [-0.15, -0.1) is 0 Å². The highest BCUT2D eigenvalue weighted by atomic mass is 32.1. The van der Waals surface area contributed by atoms with Gasteiger partial charge in [0.05, 0.1) is 5.56 Å². The van der Waals surface area contributed by atoms with Crippen molar-refractivity contribution >= 4 is 23.2 Å². The van der Waals surface area contributed by atoms with Gasteiger partial charge in [0.2, 0.25) is 5.91 Å². The van der Waals surface area contributed by atoms with Crippen LogP contribution in [0.5, 0.6) is 0 Å². The van der Waals surface area contributed by atoms with Gasteiger partial charge in [-0.2, -0.15) is 11.3 Å². The van der Waals surface area contributed by atoms with Gasteiger partial charge in [-0.3, -0.25) is 9.59 Å². The molecule has 3 rings (SSSR count). The average Bonchev–Trinajstić information content (AvgIpc) is 3.08. The predicted molar refractivity (Wildman–Crippen MR) is 86.7 cm³/mol. The second kappa shape index (κ2) is 6.79. The minimum atomic E-state index is 0.0769. The van der Waals surface area contributed by atoms with Gasteiger partial charge < -0.3 is 15.5 Å². The molecule has 5 nitrogen and oxygen atoms in total. The number of carbonyl (C=O) groups is 2. The Balaban J connectivity index is 1.53. The van der Waals surface area contributed by atoms with E-state index in [2.05, 4.69) is 0 Å². The van der Waals surface area contributed by atoms with Crippen LogP contribution in [0.15, 0.2) is 16.8 Å². The van der Waals surface area contributed by atoms with E-state index in [0.717, 1.165) is 31.2 Å². The van der Waals surface area contributed by atoms with Crippen LogP contribution in [0.25, 0.3) is 0 Å². The molecule has 6 heteroatoms. The van der Waals surface area contributed by atoms with Crippen molar-refractivity contribution in [1.29, 1.82) is 0 Å². The fourth-order valence-corrected chi connectivity index (χ4v) is 4.04. The number of amides is 2. The van der Waals surface area contributed by atoms with Crippen LogP contribution in [0, 0.1) is 5.92 Å². The molecule has 1 aromatic heterocycles. The summed E-state index contributed by atoms with van der Waals surface area (Å²) in [4.78, 5) is 28.6. The maximum Gasteiger partial charge on any atom is 0.254 e. The number of thiophene rings is 1. The lowest BCUT2D eigenvalue weighted by Crippen LogP contribution is -2.52. The van der Waals surface area contributed by atoms with Crippen LogP contribution >= 0.6 is 11.3 Å². The Bertz CT molecular complexity index is 524. The molecule has 0 aromatic carbocycles. The van der Waals surface area contributed by atoms with Crippen LogP contribution < -0.4 is 5.73 Å². The van der Waals surface area contributed by atoms with Crippen molar-refractivity contribution in [1.82, 2.24) is 9.80 Å². The minimum absolute atomic E-state index is 0.0769. The van der Waals surface area contributed by atoms with E-state index in [1.165, 1.54) is 11.3 Å². The quantitative estimate of drug-likeness (QED) is 0.899. The van der Waals surface area contributed by atoms with Gasteiger partial charge in [-0.1, -0.05) is 6.42 Å². The molecule has 2 atom stereocenters. The predicted octanol–water partition coefficient (Wildman–Crippen LogP) is 1.55. The van der Waals surface area contributed by atoms with Crippen LogP contribution in [-0.4, -0.2) is 53.8 Å². The molecule has 2 aliphatic rings. The molecule has 2 N–H and O–H groups in total. The standard InChI is InChI=1S/C16H23N3O2S/c17-14-3-1-2-12(10-14)15(20)18-5-7-19(8-6-18)16(21)13-4-9-22-11-13/h4,9,11-12,14H,1-3,5-8,10,17H2. The van der Waals surface area contributed by atoms with E-state index in [1.807, 2.05) is 26.6 Å². The van der Waals surface area contributed by atoms with Crippen molar-refractivity contribution < 1.29 is 9.59 Å². The molecule has 120 valence electrons. The molecule has 0 radical (unpaired) electrons. The van der Waals surface area contributed by atoms with Crippen molar-refractivity contribution in [2.45, 2.75) is 31.7 Å². The highest BCUT2D eigenvalue weighted by molar-refractivity contribution is 7.08. The number of piperazine rings is 1. The number of hydrogen-bond donors (Lipinski definition) is 1. The summed E-state index contributed by atoms with van der Waals surface area (Å²) in [5.41, 5.74) is 6.74. The number of carbonyl (C=O) groups excluding carboxylic acids is 2. The number of nitrogens with zero attached hydrogens (tertiary/aromatic N) is 2. The first kappa shape index (κ1) is 15.5. The van der Waals surface area contributed by atoms with Gasteiger partial charge in [0.15, 0.2) is 0 Å². The highest BCUT2D eigenvalue weighted by Crippen LogP contribution is 2.25. The molecule has 2 fully saturated rings. The first-order valence-corrected chi connectivity index (χ1v) is 8.95. The zero-order valence-corrected chi connectivity index (χ0v) is 13.6. The summed E-state index contributed by atoms with van der Waals surface area (Å²) in [6.45, 7) is 2.53. The molecular formula is C16H23N3O2S. The van der Waals surface area contributed by atoms with Crippen LogP contribution in [-0.2, 0) is 4.79 Å². The third kappa shape index (κ3) is 3.33. The Morgan fingerprint density at radius 3 is 2.50 bits per heavy atom. The lowest BCUT2D eigenvalue weighted by Gasteiger charge is -2.37. The van der Waals surface area contributed by atoms with E-state index < -0.39 is 0 Å². The number of rotatable bonds is 2. The molecule has 1 aliphatic carbocycles. The summed E-state index contributed by atoms with van der Waals surface area (Å²) < 4.78 is 0. The van der Waals surface area contributed by atoms with E-state index in [0.29, 0.717) is 26.2 Å². The molecular weight excluding hydrogens is 298 g/mol. The van der Waals surface area contributed by atoms with Gasteiger partial charge >= 0.3 is 0 Å². The van der Waals surface area contributed by atoms with E-state index in [-0.39, 0.29) is 23.8 Å². The molecule has 2 unspecified atom stereocenters. The summed E-state index contributed by atoms with van der Waals surface area (Å²) in [5, 5.41) is 3.79. The first-order valence-electron chi connectivity index (χ1n) is 8.01. The maximum absolute atomic E-state index is 12.6. The fourth-order valence-electron chi connectivity index (χ4n) is 3.41. The molecule has 1 saturated carbocycles. The molecule has 1 aromatic rings. The molecule has 1 saturated heterocycles. The van der Waals surface area contributed by atoms with Crippen molar-refractivity contribution in [3.8, 4) is 0 Å². The Morgan fingerprint density at radius 1 is 1.14 bits per heavy atom. The van der Waals surface area contributed by atoms with Crippen molar-refractivity contribution in [3.63, 3.8) is 0 Å². The van der Waals surface area contributed by atoms with Crippen molar-refractivity contribution in [3.05, 3.63) is 22.4 Å². The molecule has 1 aliphatic heterocycles. The van der Waals surface area contributed by atoms with Crippen molar-refractivity contribution in [2.75, 3.05) is 26.2 Å². The maximum atomic E-state index is 12.6. The van der Waals surface area contributed by atoms with Crippen LogP contribution in [0.3, 0.4) is 0 Å². The topological polar surface area (TPSA) is 66.6 Å². The van der Waals surface area contributed by atoms with Crippen LogP contribution in [0.4, 0.5) is 0 Å². The second-order valence-corrected chi connectivity index (χ2v) is 7.03. The van der Waals surface area contributed by atoms with Gasteiger partial charge in [0.25, 0.3) is 5.91 Å². The molecule has 2 heterocycles. The van der Waals surface area contributed by atoms with Crippen LogP contribution in [0.2, 0.25) is 0 Å². The summed E-state index contributed by atoms with van der Waals surface area (Å²) in [6.07, 6.45) is 3.86. The van der Waals surface area contributed by atoms with E-state index in [9.17, 15) is 9.59 Å². The zero-order chi connectivity index (χ0) is 15.5. The summed E-state index contributed by atoms with van der Waals surface area (Å²) >= 11 is 1.53. The third-order valence-corrected chi connectivity index (χ3v) is 5.39. The fraction of sp³-hybridized carbons (Fsp3) is 0.625.